The number of carbonyl (C=O) groups excluding carboxylic acids is 1. The van der Waals surface area contributed by atoms with Crippen LogP contribution in [0.1, 0.15) is 21.5 Å². The van der Waals surface area contributed by atoms with E-state index in [1.165, 1.54) is 30.3 Å². The van der Waals surface area contributed by atoms with E-state index in [9.17, 15) is 13.2 Å². The van der Waals surface area contributed by atoms with Gasteiger partial charge in [0, 0.05) is 12.1 Å². The number of carbonyl (C=O) groups is 1. The quantitative estimate of drug-likeness (QED) is 0.603. The largest absolute Gasteiger partial charge is 0.379 e. The van der Waals surface area contributed by atoms with Crippen LogP contribution in [0.5, 0.6) is 5.75 Å². The smallest absolute Gasteiger partial charge is 0.339 e. The van der Waals surface area contributed by atoms with Gasteiger partial charge in [-0.15, -0.1) is 0 Å². The maximum Gasteiger partial charge on any atom is 0.339 e. The van der Waals surface area contributed by atoms with Crippen LogP contribution in [0.25, 0.3) is 0 Å². The lowest BCUT2D eigenvalue weighted by atomic mass is 10.2. The lowest BCUT2D eigenvalue weighted by Crippen LogP contribution is -2.22. The molecule has 146 valence electrons. The molecule has 0 fully saturated rings. The predicted octanol–water partition coefficient (Wildman–Crippen LogP) is 3.91. The highest BCUT2D eigenvalue weighted by atomic mass is 35.5. The van der Waals surface area contributed by atoms with Crippen molar-refractivity contribution < 1.29 is 17.4 Å². The number of rotatable bonds is 6. The van der Waals surface area contributed by atoms with Crippen LogP contribution in [-0.4, -0.2) is 14.3 Å². The third kappa shape index (κ3) is 5.13. The molecule has 1 N–H and O–H groups in total. The van der Waals surface area contributed by atoms with Crippen molar-refractivity contribution in [2.45, 2.75) is 11.4 Å². The van der Waals surface area contributed by atoms with E-state index in [0.717, 1.165) is 11.6 Å². The molecule has 0 bridgehead atoms. The van der Waals surface area contributed by atoms with Gasteiger partial charge in [0.25, 0.3) is 5.91 Å². The second-order valence-electron chi connectivity index (χ2n) is 5.99. The molecule has 0 saturated carbocycles. The molecule has 0 heterocycles. The van der Waals surface area contributed by atoms with Crippen molar-refractivity contribution in [3.8, 4) is 11.8 Å². The summed E-state index contributed by atoms with van der Waals surface area (Å²) < 4.78 is 30.1. The standard InChI is InChI=1S/C21H15ClN2O4S/c22-20-10-9-19(12-17(20)13-23)29(26,27)28-18-8-4-7-16(11-18)21(25)24-14-15-5-2-1-3-6-15/h1-12H,14H2,(H,24,25). The van der Waals surface area contributed by atoms with Gasteiger partial charge in [-0.25, -0.2) is 0 Å². The van der Waals surface area contributed by atoms with Crippen LogP contribution < -0.4 is 9.50 Å². The Hall–Kier alpha value is -3.34. The van der Waals surface area contributed by atoms with E-state index in [-0.39, 0.29) is 32.7 Å². The van der Waals surface area contributed by atoms with Gasteiger partial charge in [-0.1, -0.05) is 48.0 Å². The molecule has 6 nitrogen and oxygen atoms in total. The highest BCUT2D eigenvalue weighted by Gasteiger charge is 2.19. The summed E-state index contributed by atoms with van der Waals surface area (Å²) in [5.41, 5.74) is 1.21. The van der Waals surface area contributed by atoms with Crippen LogP contribution >= 0.6 is 11.6 Å². The summed E-state index contributed by atoms with van der Waals surface area (Å²) in [5.74, 6) is -0.388. The first-order valence-electron chi connectivity index (χ1n) is 8.45. The van der Waals surface area contributed by atoms with E-state index in [0.29, 0.717) is 6.54 Å². The molecule has 0 saturated heterocycles. The maximum atomic E-state index is 12.5. The molecule has 0 aromatic heterocycles. The van der Waals surface area contributed by atoms with Crippen molar-refractivity contribution in [2.24, 2.45) is 0 Å². The lowest BCUT2D eigenvalue weighted by Gasteiger charge is -2.10. The Morgan fingerprint density at radius 2 is 1.79 bits per heavy atom. The molecule has 29 heavy (non-hydrogen) atoms. The summed E-state index contributed by atoms with van der Waals surface area (Å²) in [6.07, 6.45) is 0. The molecule has 3 aromatic carbocycles. The summed E-state index contributed by atoms with van der Waals surface area (Å²) in [7, 11) is -4.20. The minimum absolute atomic E-state index is 0.0189. The topological polar surface area (TPSA) is 96.3 Å². The number of halogens is 1. The van der Waals surface area contributed by atoms with Crippen molar-refractivity contribution in [1.29, 1.82) is 5.26 Å². The number of nitriles is 1. The van der Waals surface area contributed by atoms with Crippen LogP contribution in [0.4, 0.5) is 0 Å². The number of amides is 1. The van der Waals surface area contributed by atoms with E-state index >= 15 is 0 Å². The van der Waals surface area contributed by atoms with Gasteiger partial charge in [0.05, 0.1) is 10.6 Å². The molecule has 0 atom stereocenters. The first-order valence-corrected chi connectivity index (χ1v) is 10.2. The zero-order valence-electron chi connectivity index (χ0n) is 15.0. The van der Waals surface area contributed by atoms with Gasteiger partial charge in [0.2, 0.25) is 0 Å². The minimum atomic E-state index is -4.20. The van der Waals surface area contributed by atoms with Crippen molar-refractivity contribution in [3.05, 3.63) is 94.5 Å². The van der Waals surface area contributed by atoms with Crippen LogP contribution in [0.15, 0.2) is 77.7 Å². The molecular formula is C21H15ClN2O4S. The lowest BCUT2D eigenvalue weighted by molar-refractivity contribution is 0.0950. The first kappa shape index (κ1) is 20.4. The zero-order valence-corrected chi connectivity index (χ0v) is 16.6. The number of nitrogens with one attached hydrogen (secondary N) is 1. The van der Waals surface area contributed by atoms with Gasteiger partial charge < -0.3 is 9.50 Å². The second-order valence-corrected chi connectivity index (χ2v) is 7.94. The molecule has 0 aliphatic heterocycles. The average Bonchev–Trinajstić information content (AvgIpc) is 2.73. The fourth-order valence-electron chi connectivity index (χ4n) is 2.49. The molecule has 0 aliphatic rings. The summed E-state index contributed by atoms with van der Waals surface area (Å²) >= 11 is 5.83. The Balaban J connectivity index is 1.75. The van der Waals surface area contributed by atoms with Crippen LogP contribution in [0.2, 0.25) is 5.02 Å². The van der Waals surface area contributed by atoms with Crippen LogP contribution in [0.3, 0.4) is 0 Å². The maximum absolute atomic E-state index is 12.5. The van der Waals surface area contributed by atoms with E-state index in [1.54, 1.807) is 6.07 Å². The normalized spacial score (nSPS) is 10.8. The average molecular weight is 427 g/mol. The van der Waals surface area contributed by atoms with Gasteiger partial charge >= 0.3 is 10.1 Å². The number of hydrogen-bond acceptors (Lipinski definition) is 5. The van der Waals surface area contributed by atoms with E-state index in [1.807, 2.05) is 36.4 Å². The Bertz CT molecular complexity index is 1190. The molecule has 1 amide bonds. The summed E-state index contributed by atoms with van der Waals surface area (Å²) in [6, 6.07) is 20.7. The van der Waals surface area contributed by atoms with Gasteiger partial charge in [0.15, 0.2) is 0 Å². The summed E-state index contributed by atoms with van der Waals surface area (Å²) in [5, 5.41) is 11.9. The van der Waals surface area contributed by atoms with Gasteiger partial charge in [-0.3, -0.25) is 4.79 Å². The zero-order chi connectivity index (χ0) is 20.9. The molecule has 3 aromatic rings. The second kappa shape index (κ2) is 8.78. The van der Waals surface area contributed by atoms with Crippen LogP contribution in [-0.2, 0) is 16.7 Å². The van der Waals surface area contributed by atoms with Gasteiger partial charge in [-0.2, -0.15) is 13.7 Å². The Morgan fingerprint density at radius 1 is 1.03 bits per heavy atom. The van der Waals surface area contributed by atoms with Crippen molar-refractivity contribution in [3.63, 3.8) is 0 Å². The van der Waals surface area contributed by atoms with Crippen molar-refractivity contribution in [1.82, 2.24) is 5.32 Å². The number of nitrogens with zero attached hydrogens (tertiary/aromatic N) is 1. The Morgan fingerprint density at radius 3 is 2.52 bits per heavy atom. The minimum Gasteiger partial charge on any atom is -0.379 e. The molecular weight excluding hydrogens is 412 g/mol. The van der Waals surface area contributed by atoms with E-state index in [2.05, 4.69) is 5.32 Å². The molecule has 8 heteroatoms. The highest BCUT2D eigenvalue weighted by molar-refractivity contribution is 7.87. The molecule has 0 radical (unpaired) electrons. The fraction of sp³-hybridized carbons (Fsp3) is 0.0476. The third-order valence-corrected chi connectivity index (χ3v) is 5.52. The number of hydrogen-bond donors (Lipinski definition) is 1. The van der Waals surface area contributed by atoms with Crippen molar-refractivity contribution in [2.75, 3.05) is 0 Å². The number of benzene rings is 3. The van der Waals surface area contributed by atoms with E-state index in [4.69, 9.17) is 21.0 Å². The summed E-state index contributed by atoms with van der Waals surface area (Å²) in [6.45, 7) is 0.338. The molecule has 0 aliphatic carbocycles. The summed E-state index contributed by atoms with van der Waals surface area (Å²) in [4.78, 5) is 12.1. The third-order valence-electron chi connectivity index (χ3n) is 3.95. The monoisotopic (exact) mass is 426 g/mol. The van der Waals surface area contributed by atoms with Gasteiger partial charge in [0.1, 0.15) is 16.7 Å². The molecule has 0 spiro atoms. The highest BCUT2D eigenvalue weighted by Crippen LogP contribution is 2.23. The van der Waals surface area contributed by atoms with Crippen LogP contribution in [0, 0.1) is 11.3 Å². The molecule has 3 rings (SSSR count). The fourth-order valence-corrected chi connectivity index (χ4v) is 3.60. The van der Waals surface area contributed by atoms with Crippen molar-refractivity contribution >= 4 is 27.6 Å². The van der Waals surface area contributed by atoms with E-state index < -0.39 is 10.1 Å². The Kier molecular flexibility index (Phi) is 6.17. The molecule has 0 unspecified atom stereocenters. The Labute approximate surface area is 173 Å². The van der Waals surface area contributed by atoms with Gasteiger partial charge in [-0.05, 0) is 42.0 Å². The predicted molar refractivity (Wildman–Crippen MR) is 108 cm³/mol. The first-order chi connectivity index (χ1) is 13.9. The SMILES string of the molecule is N#Cc1cc(S(=O)(=O)Oc2cccc(C(=O)NCc3ccccc3)c2)ccc1Cl.